The molecule has 1 aliphatic heterocycles. The molecule has 0 spiro atoms. The second-order valence-corrected chi connectivity index (χ2v) is 6.49. The maximum atomic E-state index is 13.6. The number of aromatic nitrogens is 2. The molecule has 3 rings (SSSR count). The van der Waals surface area contributed by atoms with E-state index in [-0.39, 0.29) is 6.54 Å². The Hall–Kier alpha value is -2.77. The maximum absolute atomic E-state index is 13.6. The normalized spacial score (nSPS) is 14.1. The molecule has 1 saturated heterocycles. The summed E-state index contributed by atoms with van der Waals surface area (Å²) in [5.41, 5.74) is -0.567. The fraction of sp³-hybridized carbons (Fsp3) is 0.421. The summed E-state index contributed by atoms with van der Waals surface area (Å²) in [7, 11) is 0. The number of rotatable bonds is 6. The summed E-state index contributed by atoms with van der Waals surface area (Å²) < 4.78 is 27.2. The molecule has 0 saturated carbocycles. The quantitative estimate of drug-likeness (QED) is 0.760. The van der Waals surface area contributed by atoms with Crippen LogP contribution in [0.5, 0.6) is 0 Å². The second-order valence-electron chi connectivity index (χ2n) is 6.49. The largest absolute Gasteiger partial charge is 0.368 e. The topological polar surface area (TPSA) is 70.2 Å². The van der Waals surface area contributed by atoms with Crippen LogP contribution in [0.4, 0.5) is 20.4 Å². The molecule has 1 aromatic heterocycles. The molecule has 27 heavy (non-hydrogen) atoms. The van der Waals surface area contributed by atoms with Crippen molar-refractivity contribution in [3.63, 3.8) is 0 Å². The fourth-order valence-electron chi connectivity index (χ4n) is 3.10. The van der Waals surface area contributed by atoms with Gasteiger partial charge in [0.05, 0.1) is 0 Å². The molecule has 8 heteroatoms. The van der Waals surface area contributed by atoms with Crippen LogP contribution in [0.3, 0.4) is 0 Å². The Morgan fingerprint density at radius 2 is 1.81 bits per heavy atom. The first-order valence-electron chi connectivity index (χ1n) is 9.11. The average Bonchev–Trinajstić information content (AvgIpc) is 2.65. The maximum Gasteiger partial charge on any atom is 0.257 e. The van der Waals surface area contributed by atoms with Crippen molar-refractivity contribution in [2.45, 2.75) is 26.2 Å². The second kappa shape index (κ2) is 8.75. The molecule has 1 fully saturated rings. The van der Waals surface area contributed by atoms with Crippen molar-refractivity contribution in [1.29, 1.82) is 0 Å². The van der Waals surface area contributed by atoms with Crippen molar-refractivity contribution in [1.82, 2.24) is 15.3 Å². The Morgan fingerprint density at radius 1 is 1.11 bits per heavy atom. The third-order valence-electron chi connectivity index (χ3n) is 4.41. The van der Waals surface area contributed by atoms with E-state index in [1.807, 2.05) is 13.0 Å². The first kappa shape index (κ1) is 19.0. The Labute approximate surface area is 157 Å². The summed E-state index contributed by atoms with van der Waals surface area (Å²) in [5, 5.41) is 5.63. The van der Waals surface area contributed by atoms with Crippen LogP contribution in [0.25, 0.3) is 0 Å². The van der Waals surface area contributed by atoms with E-state index in [9.17, 15) is 13.6 Å². The van der Waals surface area contributed by atoms with Crippen molar-refractivity contribution < 1.29 is 13.6 Å². The number of carbonyl (C=O) groups excluding carboxylic acids is 1. The summed E-state index contributed by atoms with van der Waals surface area (Å²) in [5.74, 6) is -0.314. The molecule has 1 aromatic carbocycles. The van der Waals surface area contributed by atoms with E-state index in [1.165, 1.54) is 12.5 Å². The molecule has 6 nitrogen and oxygen atoms in total. The van der Waals surface area contributed by atoms with Gasteiger partial charge in [-0.05, 0) is 38.3 Å². The van der Waals surface area contributed by atoms with Gasteiger partial charge in [0.2, 0.25) is 0 Å². The molecule has 1 amide bonds. The Balaban J connectivity index is 1.54. The minimum absolute atomic E-state index is 0.203. The zero-order chi connectivity index (χ0) is 19.2. The number of carbonyl (C=O) groups is 1. The number of halogens is 2. The molecular weight excluding hydrogens is 352 g/mol. The van der Waals surface area contributed by atoms with Crippen LogP contribution in [0.2, 0.25) is 0 Å². The average molecular weight is 375 g/mol. The molecule has 1 aliphatic rings. The Kier molecular flexibility index (Phi) is 6.16. The van der Waals surface area contributed by atoms with E-state index >= 15 is 0 Å². The first-order valence-corrected chi connectivity index (χ1v) is 9.11. The summed E-state index contributed by atoms with van der Waals surface area (Å²) >= 11 is 0. The van der Waals surface area contributed by atoms with Gasteiger partial charge in [-0.25, -0.2) is 18.7 Å². The number of amides is 1. The number of benzene rings is 1. The predicted molar refractivity (Wildman–Crippen MR) is 100 cm³/mol. The number of nitrogens with zero attached hydrogens (tertiary/aromatic N) is 3. The number of hydrogen-bond donors (Lipinski definition) is 2. The van der Waals surface area contributed by atoms with Gasteiger partial charge in [0.1, 0.15) is 34.7 Å². The third kappa shape index (κ3) is 4.90. The van der Waals surface area contributed by atoms with Gasteiger partial charge in [-0.15, -0.1) is 0 Å². The van der Waals surface area contributed by atoms with Crippen LogP contribution in [0.1, 0.15) is 35.4 Å². The molecular formula is C19H23F2N5O. The van der Waals surface area contributed by atoms with Crippen molar-refractivity contribution in [3.05, 3.63) is 47.3 Å². The van der Waals surface area contributed by atoms with Crippen LogP contribution in [-0.2, 0) is 0 Å². The number of anilines is 2. The van der Waals surface area contributed by atoms with Gasteiger partial charge in [-0.3, -0.25) is 4.79 Å². The van der Waals surface area contributed by atoms with E-state index in [0.29, 0.717) is 18.2 Å². The van der Waals surface area contributed by atoms with Crippen molar-refractivity contribution >= 4 is 17.5 Å². The highest BCUT2D eigenvalue weighted by Crippen LogP contribution is 2.20. The standard InChI is InChI=1S/C19H23F2N5O/c1-13-24-16(12-17(25-13)26-10-3-2-4-11-26)22-8-9-23-19(27)18-14(20)6-5-7-15(18)21/h5-7,12H,2-4,8-11H2,1H3,(H,23,27)(H,22,24,25). The third-order valence-corrected chi connectivity index (χ3v) is 4.41. The molecule has 0 aliphatic carbocycles. The van der Waals surface area contributed by atoms with Crippen LogP contribution in [0, 0.1) is 18.6 Å². The lowest BCUT2D eigenvalue weighted by Crippen LogP contribution is -2.31. The van der Waals surface area contributed by atoms with Crippen LogP contribution < -0.4 is 15.5 Å². The Bertz CT molecular complexity index is 788. The van der Waals surface area contributed by atoms with Crippen molar-refractivity contribution in [2.75, 3.05) is 36.4 Å². The zero-order valence-electron chi connectivity index (χ0n) is 15.3. The monoisotopic (exact) mass is 375 g/mol. The molecule has 2 aromatic rings. The summed E-state index contributed by atoms with van der Waals surface area (Å²) in [4.78, 5) is 23.0. The molecule has 0 atom stereocenters. The van der Waals surface area contributed by atoms with Crippen molar-refractivity contribution in [2.24, 2.45) is 0 Å². The molecule has 0 bridgehead atoms. The summed E-state index contributed by atoms with van der Waals surface area (Å²) in [6.07, 6.45) is 3.56. The van der Waals surface area contributed by atoms with Gasteiger partial charge in [0.25, 0.3) is 5.91 Å². The number of hydrogen-bond acceptors (Lipinski definition) is 5. The molecule has 0 unspecified atom stereocenters. The lowest BCUT2D eigenvalue weighted by molar-refractivity contribution is 0.0946. The highest BCUT2D eigenvalue weighted by atomic mass is 19.1. The lowest BCUT2D eigenvalue weighted by atomic mass is 10.1. The molecule has 2 N–H and O–H groups in total. The van der Waals surface area contributed by atoms with Gasteiger partial charge < -0.3 is 15.5 Å². The van der Waals surface area contributed by atoms with E-state index in [1.54, 1.807) is 0 Å². The predicted octanol–water partition coefficient (Wildman–Crippen LogP) is 2.90. The number of aryl methyl sites for hydroxylation is 1. The molecule has 2 heterocycles. The van der Waals surface area contributed by atoms with Gasteiger partial charge in [0.15, 0.2) is 0 Å². The molecule has 0 radical (unpaired) electrons. The van der Waals surface area contributed by atoms with Gasteiger partial charge in [-0.1, -0.05) is 6.07 Å². The minimum atomic E-state index is -0.877. The van der Waals surface area contributed by atoms with Crippen LogP contribution in [0.15, 0.2) is 24.3 Å². The van der Waals surface area contributed by atoms with E-state index in [4.69, 9.17) is 0 Å². The van der Waals surface area contributed by atoms with E-state index in [2.05, 4.69) is 25.5 Å². The van der Waals surface area contributed by atoms with Crippen LogP contribution >= 0.6 is 0 Å². The van der Waals surface area contributed by atoms with Gasteiger partial charge in [0, 0.05) is 32.2 Å². The van der Waals surface area contributed by atoms with Gasteiger partial charge >= 0.3 is 0 Å². The Morgan fingerprint density at radius 3 is 2.52 bits per heavy atom. The number of nitrogens with one attached hydrogen (secondary N) is 2. The van der Waals surface area contributed by atoms with E-state index < -0.39 is 23.1 Å². The highest BCUT2D eigenvalue weighted by molar-refractivity contribution is 5.94. The smallest absolute Gasteiger partial charge is 0.257 e. The fourth-order valence-corrected chi connectivity index (χ4v) is 3.10. The molecule has 144 valence electrons. The zero-order valence-corrected chi connectivity index (χ0v) is 15.3. The first-order chi connectivity index (χ1) is 13.0. The summed E-state index contributed by atoms with van der Waals surface area (Å²) in [6.45, 7) is 4.38. The highest BCUT2D eigenvalue weighted by Gasteiger charge is 2.16. The SMILES string of the molecule is Cc1nc(NCCNC(=O)c2c(F)cccc2F)cc(N2CCCCC2)n1. The lowest BCUT2D eigenvalue weighted by Gasteiger charge is -2.28. The van der Waals surface area contributed by atoms with Crippen LogP contribution in [-0.4, -0.2) is 42.1 Å². The van der Waals surface area contributed by atoms with E-state index in [0.717, 1.165) is 43.9 Å². The number of piperidine rings is 1. The van der Waals surface area contributed by atoms with Gasteiger partial charge in [-0.2, -0.15) is 0 Å². The minimum Gasteiger partial charge on any atom is -0.368 e. The summed E-state index contributed by atoms with van der Waals surface area (Å²) in [6, 6.07) is 5.22. The van der Waals surface area contributed by atoms with Crippen molar-refractivity contribution in [3.8, 4) is 0 Å².